The van der Waals surface area contributed by atoms with E-state index in [9.17, 15) is 19.2 Å². The van der Waals surface area contributed by atoms with E-state index in [0.29, 0.717) is 32.2 Å². The van der Waals surface area contributed by atoms with Gasteiger partial charge in [-0.1, -0.05) is 30.3 Å². The third-order valence-electron chi connectivity index (χ3n) is 6.78. The second-order valence-electron chi connectivity index (χ2n) is 8.90. The monoisotopic (exact) mass is 442 g/mol. The maximum absolute atomic E-state index is 13.3. The van der Waals surface area contributed by atoms with Gasteiger partial charge in [-0.15, -0.1) is 0 Å². The SMILES string of the molecule is CN[C@H](Cc1ccccc1)C(=O)N1CCC[C@H]1C(=O)N[C@H](C(=O)C=O)C1CCC(N)CC1. The molecule has 3 atom stereocenters. The Bertz CT molecular complexity index is 807. The molecule has 2 aliphatic rings. The molecule has 174 valence electrons. The first kappa shape index (κ1) is 24.1. The van der Waals surface area contributed by atoms with Crippen LogP contribution in [0.2, 0.25) is 0 Å². The molecule has 2 amide bonds. The van der Waals surface area contributed by atoms with Gasteiger partial charge in [-0.25, -0.2) is 0 Å². The molecule has 1 aliphatic heterocycles. The molecule has 0 aromatic heterocycles. The fourth-order valence-corrected chi connectivity index (χ4v) is 4.89. The minimum absolute atomic E-state index is 0.0972. The summed E-state index contributed by atoms with van der Waals surface area (Å²) in [7, 11) is 1.74. The Morgan fingerprint density at radius 1 is 1.12 bits per heavy atom. The first-order valence-corrected chi connectivity index (χ1v) is 11.5. The summed E-state index contributed by atoms with van der Waals surface area (Å²) in [5, 5.41) is 5.89. The van der Waals surface area contributed by atoms with E-state index in [0.717, 1.165) is 24.8 Å². The van der Waals surface area contributed by atoms with Gasteiger partial charge in [-0.3, -0.25) is 19.2 Å². The number of amides is 2. The van der Waals surface area contributed by atoms with E-state index in [2.05, 4.69) is 10.6 Å². The number of carbonyl (C=O) groups is 4. The lowest BCUT2D eigenvalue weighted by atomic mass is 9.80. The predicted octanol–water partition coefficient (Wildman–Crippen LogP) is 0.578. The number of ketones is 1. The molecular weight excluding hydrogens is 408 g/mol. The zero-order valence-corrected chi connectivity index (χ0v) is 18.7. The van der Waals surface area contributed by atoms with Gasteiger partial charge in [-0.05, 0) is 63.5 Å². The summed E-state index contributed by atoms with van der Waals surface area (Å²) in [5.41, 5.74) is 7.00. The van der Waals surface area contributed by atoms with Crippen LogP contribution in [0.4, 0.5) is 0 Å². The molecule has 2 fully saturated rings. The van der Waals surface area contributed by atoms with Crippen molar-refractivity contribution in [2.24, 2.45) is 11.7 Å². The van der Waals surface area contributed by atoms with Crippen molar-refractivity contribution in [3.05, 3.63) is 35.9 Å². The Balaban J connectivity index is 1.68. The number of likely N-dealkylation sites (tertiary alicyclic amines) is 1. The zero-order chi connectivity index (χ0) is 23.1. The number of nitrogens with zero attached hydrogens (tertiary/aromatic N) is 1. The lowest BCUT2D eigenvalue weighted by Crippen LogP contribution is -2.56. The van der Waals surface area contributed by atoms with Crippen LogP contribution in [0.15, 0.2) is 30.3 Å². The van der Waals surface area contributed by atoms with Crippen molar-refractivity contribution in [3.63, 3.8) is 0 Å². The van der Waals surface area contributed by atoms with Crippen LogP contribution in [-0.2, 0) is 25.6 Å². The van der Waals surface area contributed by atoms with E-state index in [-0.39, 0.29) is 30.1 Å². The number of hydrogen-bond acceptors (Lipinski definition) is 6. The first-order valence-electron chi connectivity index (χ1n) is 11.5. The minimum atomic E-state index is -0.852. The lowest BCUT2D eigenvalue weighted by molar-refractivity contribution is -0.141. The highest BCUT2D eigenvalue weighted by Crippen LogP contribution is 2.27. The quantitative estimate of drug-likeness (QED) is 0.380. The predicted molar refractivity (Wildman–Crippen MR) is 121 cm³/mol. The van der Waals surface area contributed by atoms with Crippen molar-refractivity contribution in [2.45, 2.75) is 69.1 Å². The van der Waals surface area contributed by atoms with Gasteiger partial charge in [0.25, 0.3) is 0 Å². The van der Waals surface area contributed by atoms with Crippen molar-refractivity contribution in [1.82, 2.24) is 15.5 Å². The summed E-state index contributed by atoms with van der Waals surface area (Å²) in [6.45, 7) is 0.495. The van der Waals surface area contributed by atoms with Crippen LogP contribution in [-0.4, -0.2) is 66.5 Å². The van der Waals surface area contributed by atoms with E-state index in [4.69, 9.17) is 5.73 Å². The molecule has 8 nitrogen and oxygen atoms in total. The molecule has 1 aromatic carbocycles. The number of rotatable bonds is 9. The van der Waals surface area contributed by atoms with Gasteiger partial charge < -0.3 is 21.3 Å². The normalized spacial score (nSPS) is 25.1. The number of hydrogen-bond donors (Lipinski definition) is 3. The summed E-state index contributed by atoms with van der Waals surface area (Å²) in [4.78, 5) is 51.6. The maximum atomic E-state index is 13.3. The molecule has 8 heteroatoms. The molecule has 0 unspecified atom stereocenters. The highest BCUT2D eigenvalue weighted by Gasteiger charge is 2.39. The third-order valence-corrected chi connectivity index (χ3v) is 6.78. The Kier molecular flexibility index (Phi) is 8.53. The van der Waals surface area contributed by atoms with Gasteiger partial charge in [0.1, 0.15) is 6.04 Å². The second-order valence-corrected chi connectivity index (χ2v) is 8.90. The smallest absolute Gasteiger partial charge is 0.243 e. The molecule has 4 N–H and O–H groups in total. The van der Waals surface area contributed by atoms with E-state index < -0.39 is 23.9 Å². The molecule has 1 aromatic rings. The van der Waals surface area contributed by atoms with Crippen LogP contribution in [0.5, 0.6) is 0 Å². The summed E-state index contributed by atoms with van der Waals surface area (Å²) in [6, 6.07) is 7.89. The summed E-state index contributed by atoms with van der Waals surface area (Å²) < 4.78 is 0. The standard InChI is InChI=1S/C24H34N4O4/c1-26-19(14-16-6-3-2-4-7-16)24(32)28-13-5-8-20(28)23(31)27-22(21(30)15-29)17-9-11-18(25)12-10-17/h2-4,6-7,15,17-20,22,26H,5,8-14,25H2,1H3,(H,27,31)/t17?,18?,19-,20+,22+/m1/s1. The number of aldehydes is 1. The Morgan fingerprint density at radius 3 is 2.44 bits per heavy atom. The van der Waals surface area contributed by atoms with E-state index in [1.54, 1.807) is 11.9 Å². The number of benzene rings is 1. The van der Waals surface area contributed by atoms with Crippen molar-refractivity contribution >= 4 is 23.9 Å². The molecule has 0 spiro atoms. The van der Waals surface area contributed by atoms with Gasteiger partial charge in [0.2, 0.25) is 17.6 Å². The molecule has 1 heterocycles. The fraction of sp³-hybridized carbons (Fsp3) is 0.583. The molecule has 0 bridgehead atoms. The highest BCUT2D eigenvalue weighted by atomic mass is 16.2. The Hall–Kier alpha value is -2.58. The average Bonchev–Trinajstić information content (AvgIpc) is 3.31. The Morgan fingerprint density at radius 2 is 1.81 bits per heavy atom. The molecule has 1 aliphatic carbocycles. The first-order chi connectivity index (χ1) is 15.4. The van der Waals surface area contributed by atoms with Crippen LogP contribution >= 0.6 is 0 Å². The third kappa shape index (κ3) is 5.81. The second kappa shape index (κ2) is 11.3. The van der Waals surface area contributed by atoms with Gasteiger partial charge in [0.15, 0.2) is 6.29 Å². The highest BCUT2D eigenvalue weighted by molar-refractivity contribution is 6.28. The number of likely N-dealkylation sites (N-methyl/N-ethyl adjacent to an activating group) is 1. The minimum Gasteiger partial charge on any atom is -0.344 e. The number of Topliss-reactive ketones (excluding diaryl/α,β-unsaturated/α-hetero) is 1. The number of carbonyl (C=O) groups excluding carboxylic acids is 4. The largest absolute Gasteiger partial charge is 0.344 e. The average molecular weight is 443 g/mol. The molecule has 32 heavy (non-hydrogen) atoms. The zero-order valence-electron chi connectivity index (χ0n) is 18.7. The summed E-state index contributed by atoms with van der Waals surface area (Å²) >= 11 is 0. The van der Waals surface area contributed by atoms with Gasteiger partial charge in [0.05, 0.1) is 12.1 Å². The topological polar surface area (TPSA) is 122 Å². The van der Waals surface area contributed by atoms with Crippen molar-refractivity contribution in [3.8, 4) is 0 Å². The van der Waals surface area contributed by atoms with E-state index >= 15 is 0 Å². The summed E-state index contributed by atoms with van der Waals surface area (Å²) in [6.07, 6.45) is 4.98. The van der Waals surface area contributed by atoms with Crippen LogP contribution in [0.1, 0.15) is 44.1 Å². The maximum Gasteiger partial charge on any atom is 0.243 e. The van der Waals surface area contributed by atoms with Crippen LogP contribution in [0.25, 0.3) is 0 Å². The van der Waals surface area contributed by atoms with E-state index in [1.165, 1.54) is 0 Å². The van der Waals surface area contributed by atoms with Crippen molar-refractivity contribution in [2.75, 3.05) is 13.6 Å². The molecule has 3 rings (SSSR count). The van der Waals surface area contributed by atoms with Crippen molar-refractivity contribution in [1.29, 1.82) is 0 Å². The van der Waals surface area contributed by atoms with Crippen molar-refractivity contribution < 1.29 is 19.2 Å². The lowest BCUT2D eigenvalue weighted by Gasteiger charge is -2.33. The van der Waals surface area contributed by atoms with E-state index in [1.807, 2.05) is 30.3 Å². The molecule has 1 saturated carbocycles. The van der Waals surface area contributed by atoms with Gasteiger partial charge in [-0.2, -0.15) is 0 Å². The Labute approximate surface area is 189 Å². The summed E-state index contributed by atoms with van der Waals surface area (Å²) in [5.74, 6) is -1.21. The van der Waals surface area contributed by atoms with Crippen LogP contribution in [0, 0.1) is 5.92 Å². The molecular formula is C24H34N4O4. The van der Waals surface area contributed by atoms with Gasteiger partial charge in [0, 0.05) is 12.6 Å². The van der Waals surface area contributed by atoms with Gasteiger partial charge >= 0.3 is 0 Å². The number of nitrogens with two attached hydrogens (primary N) is 1. The number of nitrogens with one attached hydrogen (secondary N) is 2. The molecule has 0 radical (unpaired) electrons. The van der Waals surface area contributed by atoms with Crippen LogP contribution in [0.3, 0.4) is 0 Å². The van der Waals surface area contributed by atoms with Crippen LogP contribution < -0.4 is 16.4 Å². The molecule has 1 saturated heterocycles. The fourth-order valence-electron chi connectivity index (χ4n) is 4.89.